The van der Waals surface area contributed by atoms with Gasteiger partial charge in [-0.3, -0.25) is 4.21 Å². The van der Waals surface area contributed by atoms with E-state index in [9.17, 15) is 9.00 Å². The summed E-state index contributed by atoms with van der Waals surface area (Å²) >= 11 is 0. The quantitative estimate of drug-likeness (QED) is 0.481. The van der Waals surface area contributed by atoms with Crippen molar-refractivity contribution in [2.24, 2.45) is 0 Å². The first-order valence-electron chi connectivity index (χ1n) is 9.49. The van der Waals surface area contributed by atoms with Crippen molar-refractivity contribution in [1.29, 1.82) is 0 Å². The molecule has 1 aromatic heterocycles. The largest absolute Gasteiger partial charge is 0.491 e. The van der Waals surface area contributed by atoms with Crippen LogP contribution in [0.15, 0.2) is 70.4 Å². The SMILES string of the molecule is COC(=O)c1c(CS(=O)c2ccccc2)ccc(-c2ccoc2)c1OCCN(C)C. The maximum atomic E-state index is 12.9. The van der Waals surface area contributed by atoms with E-state index in [4.69, 9.17) is 13.9 Å². The molecule has 0 N–H and O–H groups in total. The Bertz CT molecular complexity index is 1000. The molecule has 0 aliphatic rings. The molecule has 7 heteroatoms. The van der Waals surface area contributed by atoms with Gasteiger partial charge < -0.3 is 18.8 Å². The van der Waals surface area contributed by atoms with Crippen LogP contribution in [0.2, 0.25) is 0 Å². The zero-order valence-corrected chi connectivity index (χ0v) is 18.1. The van der Waals surface area contributed by atoms with Gasteiger partial charge in [-0.05, 0) is 37.9 Å². The fourth-order valence-corrected chi connectivity index (χ4v) is 4.14. The molecule has 0 saturated carbocycles. The normalized spacial score (nSPS) is 12.0. The lowest BCUT2D eigenvalue weighted by Crippen LogP contribution is -2.21. The molecule has 1 heterocycles. The van der Waals surface area contributed by atoms with Gasteiger partial charge in [0, 0.05) is 22.6 Å². The maximum absolute atomic E-state index is 12.9. The number of carbonyl (C=O) groups excluding carboxylic acids is 1. The molecule has 0 bridgehead atoms. The molecule has 0 aliphatic heterocycles. The summed E-state index contributed by atoms with van der Waals surface area (Å²) in [4.78, 5) is 15.4. The third-order valence-corrected chi connectivity index (χ3v) is 5.91. The molecule has 158 valence electrons. The Morgan fingerprint density at radius 2 is 1.87 bits per heavy atom. The fraction of sp³-hybridized carbons (Fsp3) is 0.261. The molecule has 2 aromatic carbocycles. The van der Waals surface area contributed by atoms with Crippen LogP contribution in [0.1, 0.15) is 15.9 Å². The van der Waals surface area contributed by atoms with Crippen LogP contribution in [0.3, 0.4) is 0 Å². The van der Waals surface area contributed by atoms with Crippen LogP contribution in [-0.4, -0.2) is 49.4 Å². The highest BCUT2D eigenvalue weighted by Crippen LogP contribution is 2.37. The summed E-state index contributed by atoms with van der Waals surface area (Å²) in [6.45, 7) is 1.05. The number of carbonyl (C=O) groups is 1. The summed E-state index contributed by atoms with van der Waals surface area (Å²) in [7, 11) is 3.90. The van der Waals surface area contributed by atoms with Gasteiger partial charge in [-0.1, -0.05) is 30.3 Å². The summed E-state index contributed by atoms with van der Waals surface area (Å²) in [5.74, 6) is 0.0531. The second kappa shape index (κ2) is 10.2. The third-order valence-electron chi connectivity index (χ3n) is 4.54. The van der Waals surface area contributed by atoms with E-state index in [0.717, 1.165) is 11.1 Å². The van der Waals surface area contributed by atoms with Crippen molar-refractivity contribution in [2.75, 3.05) is 34.4 Å². The second-order valence-electron chi connectivity index (χ2n) is 6.93. The molecule has 0 spiro atoms. The minimum atomic E-state index is -1.32. The topological polar surface area (TPSA) is 69.0 Å². The van der Waals surface area contributed by atoms with Gasteiger partial charge in [0.1, 0.15) is 17.9 Å². The van der Waals surface area contributed by atoms with Crippen molar-refractivity contribution >= 4 is 16.8 Å². The lowest BCUT2D eigenvalue weighted by atomic mass is 9.99. The zero-order valence-electron chi connectivity index (χ0n) is 17.3. The predicted octanol–water partition coefficient (Wildman–Crippen LogP) is 3.98. The highest BCUT2D eigenvalue weighted by molar-refractivity contribution is 7.84. The lowest BCUT2D eigenvalue weighted by Gasteiger charge is -2.19. The highest BCUT2D eigenvalue weighted by atomic mass is 32.2. The minimum Gasteiger partial charge on any atom is -0.491 e. The first-order valence-corrected chi connectivity index (χ1v) is 10.8. The average molecular weight is 428 g/mol. The number of esters is 1. The Morgan fingerprint density at radius 3 is 2.50 bits per heavy atom. The molecule has 0 saturated heterocycles. The number of methoxy groups -OCH3 is 1. The summed E-state index contributed by atoms with van der Waals surface area (Å²) in [6, 6.07) is 14.6. The Balaban J connectivity index is 2.05. The van der Waals surface area contributed by atoms with Crippen LogP contribution < -0.4 is 4.74 Å². The minimum absolute atomic E-state index is 0.171. The Labute approximate surface area is 178 Å². The van der Waals surface area contributed by atoms with Crippen molar-refractivity contribution in [3.8, 4) is 16.9 Å². The van der Waals surface area contributed by atoms with Crippen molar-refractivity contribution < 1.29 is 22.9 Å². The smallest absolute Gasteiger partial charge is 0.341 e. The lowest BCUT2D eigenvalue weighted by molar-refractivity contribution is 0.0595. The van der Waals surface area contributed by atoms with Gasteiger partial charge in [0.25, 0.3) is 0 Å². The van der Waals surface area contributed by atoms with Gasteiger partial charge >= 0.3 is 5.97 Å². The summed E-state index contributed by atoms with van der Waals surface area (Å²) in [5.41, 5.74) is 2.41. The molecule has 0 amide bonds. The van der Waals surface area contributed by atoms with Crippen LogP contribution in [0.25, 0.3) is 11.1 Å². The molecule has 30 heavy (non-hydrogen) atoms. The van der Waals surface area contributed by atoms with Gasteiger partial charge in [0.15, 0.2) is 0 Å². The number of nitrogens with zero attached hydrogens (tertiary/aromatic N) is 1. The molecule has 3 aromatic rings. The van der Waals surface area contributed by atoms with Crippen LogP contribution in [0, 0.1) is 0 Å². The molecule has 0 radical (unpaired) electrons. The van der Waals surface area contributed by atoms with Crippen molar-refractivity contribution in [3.63, 3.8) is 0 Å². The van der Waals surface area contributed by atoms with Gasteiger partial charge in [-0.2, -0.15) is 0 Å². The second-order valence-corrected chi connectivity index (χ2v) is 8.39. The number of furan rings is 1. The molecule has 0 aliphatic carbocycles. The maximum Gasteiger partial charge on any atom is 0.341 e. The number of ether oxygens (including phenoxy) is 2. The Kier molecular flexibility index (Phi) is 7.43. The number of hydrogen-bond donors (Lipinski definition) is 0. The van der Waals surface area contributed by atoms with E-state index in [-0.39, 0.29) is 5.75 Å². The van der Waals surface area contributed by atoms with E-state index < -0.39 is 16.8 Å². The van der Waals surface area contributed by atoms with Crippen LogP contribution in [-0.2, 0) is 21.3 Å². The molecule has 1 unspecified atom stereocenters. The Hall–Kier alpha value is -2.90. The predicted molar refractivity (Wildman–Crippen MR) is 116 cm³/mol. The van der Waals surface area contributed by atoms with E-state index >= 15 is 0 Å². The van der Waals surface area contributed by atoms with Gasteiger partial charge in [0.2, 0.25) is 0 Å². The van der Waals surface area contributed by atoms with Crippen molar-refractivity contribution in [2.45, 2.75) is 10.6 Å². The summed E-state index contributed by atoms with van der Waals surface area (Å²) < 4.78 is 29.2. The summed E-state index contributed by atoms with van der Waals surface area (Å²) in [5, 5.41) is 0. The number of likely N-dealkylation sites (N-methyl/N-ethyl adjacent to an activating group) is 1. The molecular weight excluding hydrogens is 402 g/mol. The number of rotatable bonds is 9. The first-order chi connectivity index (χ1) is 14.5. The molecular formula is C23H25NO5S. The average Bonchev–Trinajstić information content (AvgIpc) is 3.28. The van der Waals surface area contributed by atoms with E-state index in [2.05, 4.69) is 0 Å². The van der Waals surface area contributed by atoms with Crippen LogP contribution >= 0.6 is 0 Å². The van der Waals surface area contributed by atoms with E-state index in [0.29, 0.717) is 34.9 Å². The summed E-state index contributed by atoms with van der Waals surface area (Å²) in [6.07, 6.45) is 3.16. The molecule has 1 atom stereocenters. The van der Waals surface area contributed by atoms with E-state index in [1.165, 1.54) is 7.11 Å². The molecule has 0 fully saturated rings. The van der Waals surface area contributed by atoms with Crippen LogP contribution in [0.5, 0.6) is 5.75 Å². The van der Waals surface area contributed by atoms with Gasteiger partial charge in [0.05, 0.1) is 36.2 Å². The van der Waals surface area contributed by atoms with Gasteiger partial charge in [-0.25, -0.2) is 4.79 Å². The number of hydrogen-bond acceptors (Lipinski definition) is 6. The fourth-order valence-electron chi connectivity index (χ4n) is 2.99. The Morgan fingerprint density at radius 1 is 1.10 bits per heavy atom. The molecule has 3 rings (SSSR count). The standard InChI is InChI=1S/C23H25NO5S/c1-24(2)12-14-29-22-20(17-11-13-28-15-17)10-9-18(21(22)23(25)27-3)16-30(26)19-7-5-4-6-8-19/h4-11,13,15H,12,14,16H2,1-3H3. The monoisotopic (exact) mass is 427 g/mol. The first kappa shape index (κ1) is 21.8. The number of benzene rings is 2. The van der Waals surface area contributed by atoms with E-state index in [1.54, 1.807) is 24.7 Å². The molecule has 6 nitrogen and oxygen atoms in total. The zero-order chi connectivity index (χ0) is 21.5. The van der Waals surface area contributed by atoms with Crippen molar-refractivity contribution in [1.82, 2.24) is 4.90 Å². The van der Waals surface area contributed by atoms with Gasteiger partial charge in [-0.15, -0.1) is 0 Å². The van der Waals surface area contributed by atoms with E-state index in [1.807, 2.05) is 55.4 Å². The van der Waals surface area contributed by atoms with Crippen molar-refractivity contribution in [3.05, 3.63) is 72.2 Å². The third kappa shape index (κ3) is 5.17. The highest BCUT2D eigenvalue weighted by Gasteiger charge is 2.24. The van der Waals surface area contributed by atoms with Crippen LogP contribution in [0.4, 0.5) is 0 Å².